The fraction of sp³-hybridized carbons (Fsp3) is 0.333. The molecule has 2 aromatic rings. The molecule has 0 saturated heterocycles. The number of pyridine rings is 1. The number of anilines is 1. The molecule has 1 atom stereocenters. The third-order valence-corrected chi connectivity index (χ3v) is 3.09. The van der Waals surface area contributed by atoms with Crippen molar-refractivity contribution in [1.29, 1.82) is 0 Å². The highest BCUT2D eigenvalue weighted by molar-refractivity contribution is 5.97. The molecule has 0 saturated carbocycles. The first kappa shape index (κ1) is 15.2. The zero-order valence-corrected chi connectivity index (χ0v) is 11.7. The van der Waals surface area contributed by atoms with Crippen molar-refractivity contribution in [2.75, 3.05) is 25.6 Å². The van der Waals surface area contributed by atoms with Gasteiger partial charge < -0.3 is 20.3 Å². The summed E-state index contributed by atoms with van der Waals surface area (Å²) in [5, 5.41) is 22.7. The van der Waals surface area contributed by atoms with Gasteiger partial charge in [-0.2, -0.15) is 0 Å². The Kier molecular flexibility index (Phi) is 5.08. The number of aromatic carboxylic acids is 1. The number of aromatic nitrogens is 1. The Hall–Kier alpha value is -2.18. The molecule has 1 aromatic carbocycles. The van der Waals surface area contributed by atoms with Crippen molar-refractivity contribution >= 4 is 22.6 Å². The molecule has 0 amide bonds. The molecule has 1 aromatic heterocycles. The molecule has 112 valence electrons. The maximum absolute atomic E-state index is 11.1. The Morgan fingerprint density at radius 3 is 2.90 bits per heavy atom. The molecule has 3 N–H and O–H groups in total. The molecule has 21 heavy (non-hydrogen) atoms. The number of carboxylic acids is 1. The van der Waals surface area contributed by atoms with E-state index >= 15 is 0 Å². The van der Waals surface area contributed by atoms with Crippen LogP contribution in [0, 0.1) is 0 Å². The molecule has 0 fully saturated rings. The van der Waals surface area contributed by atoms with Crippen LogP contribution in [0.5, 0.6) is 0 Å². The van der Waals surface area contributed by atoms with Crippen LogP contribution in [0.2, 0.25) is 0 Å². The molecule has 0 bridgehead atoms. The second-order valence-corrected chi connectivity index (χ2v) is 4.70. The molecule has 6 heteroatoms. The van der Waals surface area contributed by atoms with E-state index in [-0.39, 0.29) is 12.3 Å². The van der Waals surface area contributed by atoms with Crippen molar-refractivity contribution in [1.82, 2.24) is 4.98 Å². The van der Waals surface area contributed by atoms with Gasteiger partial charge in [0.05, 0.1) is 18.2 Å². The first-order chi connectivity index (χ1) is 10.1. The molecule has 1 unspecified atom stereocenters. The number of rotatable bonds is 7. The van der Waals surface area contributed by atoms with Gasteiger partial charge in [-0.15, -0.1) is 0 Å². The van der Waals surface area contributed by atoms with E-state index in [1.54, 1.807) is 6.07 Å². The zero-order valence-electron chi connectivity index (χ0n) is 11.7. The van der Waals surface area contributed by atoms with Crippen LogP contribution >= 0.6 is 0 Å². The van der Waals surface area contributed by atoms with Crippen molar-refractivity contribution in [3.63, 3.8) is 0 Å². The number of fused-ring (bicyclic) bond motifs is 1. The van der Waals surface area contributed by atoms with Gasteiger partial charge in [0, 0.05) is 24.7 Å². The van der Waals surface area contributed by atoms with Crippen LogP contribution in [0.25, 0.3) is 10.9 Å². The normalized spacial score (nSPS) is 12.3. The third-order valence-electron chi connectivity index (χ3n) is 3.09. The van der Waals surface area contributed by atoms with Gasteiger partial charge in [-0.25, -0.2) is 9.78 Å². The molecule has 0 aliphatic rings. The number of aliphatic hydroxyl groups is 1. The number of carbonyl (C=O) groups is 1. The largest absolute Gasteiger partial charge is 0.477 e. The molecule has 0 radical (unpaired) electrons. The quantitative estimate of drug-likeness (QED) is 0.719. The average molecular weight is 290 g/mol. The Morgan fingerprint density at radius 2 is 2.19 bits per heavy atom. The molecule has 0 spiro atoms. The smallest absolute Gasteiger partial charge is 0.354 e. The van der Waals surface area contributed by atoms with E-state index in [1.165, 1.54) is 13.2 Å². The van der Waals surface area contributed by atoms with Gasteiger partial charge in [-0.1, -0.05) is 18.2 Å². The first-order valence-electron chi connectivity index (χ1n) is 6.65. The maximum atomic E-state index is 11.1. The van der Waals surface area contributed by atoms with Crippen molar-refractivity contribution in [3.05, 3.63) is 36.0 Å². The number of hydrogen-bond acceptors (Lipinski definition) is 5. The Morgan fingerprint density at radius 1 is 1.43 bits per heavy atom. The highest BCUT2D eigenvalue weighted by Gasteiger charge is 2.11. The molecule has 2 rings (SSSR count). The van der Waals surface area contributed by atoms with E-state index < -0.39 is 12.1 Å². The molecular weight excluding hydrogens is 272 g/mol. The fourth-order valence-corrected chi connectivity index (χ4v) is 2.08. The summed E-state index contributed by atoms with van der Waals surface area (Å²) in [5.41, 5.74) is 1.31. The van der Waals surface area contributed by atoms with Gasteiger partial charge in [-0.3, -0.25) is 0 Å². The monoisotopic (exact) mass is 290 g/mol. The highest BCUT2D eigenvalue weighted by atomic mass is 16.5. The number of nitrogens with one attached hydrogen (secondary N) is 1. The lowest BCUT2D eigenvalue weighted by molar-refractivity contribution is 0.0615. The number of hydrogen-bond donors (Lipinski definition) is 3. The van der Waals surface area contributed by atoms with Crippen LogP contribution in [0.1, 0.15) is 16.9 Å². The molecule has 1 heterocycles. The van der Waals surface area contributed by atoms with Crippen LogP contribution in [0.3, 0.4) is 0 Å². The number of methoxy groups -OCH3 is 1. The number of benzene rings is 1. The zero-order chi connectivity index (χ0) is 15.2. The lowest BCUT2D eigenvalue weighted by atomic mass is 10.1. The van der Waals surface area contributed by atoms with Crippen LogP contribution < -0.4 is 5.32 Å². The topological polar surface area (TPSA) is 91.7 Å². The SMILES string of the molecule is COCC(O)CCNc1cc(C(=O)O)nc2ccccc12. The number of para-hydroxylation sites is 1. The predicted molar refractivity (Wildman–Crippen MR) is 79.7 cm³/mol. The number of carboxylic acid groups (broad SMARTS) is 1. The Balaban J connectivity index is 2.19. The summed E-state index contributed by atoms with van der Waals surface area (Å²) in [4.78, 5) is 15.2. The van der Waals surface area contributed by atoms with Gasteiger partial charge in [0.1, 0.15) is 0 Å². The van der Waals surface area contributed by atoms with Crippen molar-refractivity contribution in [3.8, 4) is 0 Å². The molecular formula is C15H18N2O4. The van der Waals surface area contributed by atoms with E-state index in [9.17, 15) is 9.90 Å². The predicted octanol–water partition coefficient (Wildman–Crippen LogP) is 1.74. The Labute approximate surface area is 122 Å². The average Bonchev–Trinajstić information content (AvgIpc) is 2.47. The second kappa shape index (κ2) is 7.01. The van der Waals surface area contributed by atoms with Crippen LogP contribution in [-0.2, 0) is 4.74 Å². The van der Waals surface area contributed by atoms with E-state index in [0.29, 0.717) is 24.2 Å². The molecule has 0 aliphatic heterocycles. The van der Waals surface area contributed by atoms with Crippen molar-refractivity contribution < 1.29 is 19.7 Å². The number of aliphatic hydroxyl groups excluding tert-OH is 1. The van der Waals surface area contributed by atoms with Gasteiger partial charge in [-0.05, 0) is 18.6 Å². The van der Waals surface area contributed by atoms with Gasteiger partial charge in [0.15, 0.2) is 5.69 Å². The summed E-state index contributed by atoms with van der Waals surface area (Å²) in [6.07, 6.45) is -0.0399. The fourth-order valence-electron chi connectivity index (χ4n) is 2.08. The first-order valence-corrected chi connectivity index (χ1v) is 6.65. The second-order valence-electron chi connectivity index (χ2n) is 4.70. The molecule has 0 aliphatic carbocycles. The van der Waals surface area contributed by atoms with Gasteiger partial charge in [0.25, 0.3) is 0 Å². The van der Waals surface area contributed by atoms with E-state index in [0.717, 1.165) is 5.39 Å². The van der Waals surface area contributed by atoms with Crippen LogP contribution in [-0.4, -0.2) is 47.5 Å². The van der Waals surface area contributed by atoms with Crippen molar-refractivity contribution in [2.45, 2.75) is 12.5 Å². The number of ether oxygens (including phenoxy) is 1. The number of nitrogens with zero attached hydrogens (tertiary/aromatic N) is 1. The van der Waals surface area contributed by atoms with E-state index in [1.807, 2.05) is 18.2 Å². The van der Waals surface area contributed by atoms with Gasteiger partial charge in [0.2, 0.25) is 0 Å². The lowest BCUT2D eigenvalue weighted by Gasteiger charge is -2.13. The summed E-state index contributed by atoms with van der Waals surface area (Å²) < 4.78 is 4.86. The van der Waals surface area contributed by atoms with E-state index in [4.69, 9.17) is 9.84 Å². The minimum absolute atomic E-state index is 0.00589. The van der Waals surface area contributed by atoms with E-state index in [2.05, 4.69) is 10.3 Å². The standard InChI is InChI=1S/C15H18N2O4/c1-21-9-10(18)6-7-16-13-8-14(15(19)20)17-12-5-3-2-4-11(12)13/h2-5,8,10,18H,6-7,9H2,1H3,(H,16,17)(H,19,20). The highest BCUT2D eigenvalue weighted by Crippen LogP contribution is 2.23. The summed E-state index contributed by atoms with van der Waals surface area (Å²) in [7, 11) is 1.53. The lowest BCUT2D eigenvalue weighted by Crippen LogP contribution is -2.18. The van der Waals surface area contributed by atoms with Crippen LogP contribution in [0.4, 0.5) is 5.69 Å². The maximum Gasteiger partial charge on any atom is 0.354 e. The Bertz CT molecular complexity index is 630. The summed E-state index contributed by atoms with van der Waals surface area (Å²) >= 11 is 0. The summed E-state index contributed by atoms with van der Waals surface area (Å²) in [6.45, 7) is 0.788. The van der Waals surface area contributed by atoms with Gasteiger partial charge >= 0.3 is 5.97 Å². The van der Waals surface area contributed by atoms with Crippen LogP contribution in [0.15, 0.2) is 30.3 Å². The molecule has 6 nitrogen and oxygen atoms in total. The summed E-state index contributed by atoms with van der Waals surface area (Å²) in [5.74, 6) is -1.07. The summed E-state index contributed by atoms with van der Waals surface area (Å²) in [6, 6.07) is 8.84. The van der Waals surface area contributed by atoms with Crippen molar-refractivity contribution in [2.24, 2.45) is 0 Å². The third kappa shape index (κ3) is 3.90. The minimum Gasteiger partial charge on any atom is -0.477 e. The minimum atomic E-state index is -1.07.